The second-order valence-electron chi connectivity index (χ2n) is 7.23. The van der Waals surface area contributed by atoms with Crippen LogP contribution in [-0.4, -0.2) is 62.1 Å². The summed E-state index contributed by atoms with van der Waals surface area (Å²) in [5.74, 6) is -2.74. The number of hydrogen-bond donors (Lipinski definition) is 6. The molecule has 35 heavy (non-hydrogen) atoms. The molecule has 1 aromatic carbocycles. The Morgan fingerprint density at radius 2 is 1.80 bits per heavy atom. The molecule has 0 spiro atoms. The van der Waals surface area contributed by atoms with Gasteiger partial charge in [-0.1, -0.05) is 24.3 Å². The second-order valence-corrected chi connectivity index (χ2v) is 8.94. The number of aliphatic carboxylic acids is 1. The highest BCUT2D eigenvalue weighted by Gasteiger charge is 2.25. The molecule has 0 saturated heterocycles. The van der Waals surface area contributed by atoms with Crippen molar-refractivity contribution in [3.63, 3.8) is 0 Å². The molecule has 0 unspecified atom stereocenters. The van der Waals surface area contributed by atoms with Crippen molar-refractivity contribution in [2.45, 2.75) is 30.7 Å². The van der Waals surface area contributed by atoms with E-state index in [1.807, 2.05) is 4.72 Å². The molecule has 2 rings (SSSR count). The molecule has 3 amide bonds. The van der Waals surface area contributed by atoms with E-state index in [4.69, 9.17) is 0 Å². The first-order chi connectivity index (χ1) is 16.6. The Bertz CT molecular complexity index is 1150. The Morgan fingerprint density at radius 1 is 1.09 bits per heavy atom. The Kier molecular flexibility index (Phi) is 10.1. The molecule has 0 radical (unpaired) electrons. The monoisotopic (exact) mass is 506 g/mol. The molecule has 0 bridgehead atoms. The molecule has 1 atom stereocenters. The fourth-order valence-corrected chi connectivity index (χ4v) is 3.91. The van der Waals surface area contributed by atoms with Gasteiger partial charge >= 0.3 is 5.97 Å². The van der Waals surface area contributed by atoms with Gasteiger partial charge in [-0.15, -0.1) is 0 Å². The minimum Gasteiger partial charge on any atom is -0.480 e. The summed E-state index contributed by atoms with van der Waals surface area (Å²) in [5.41, 5.74) is 5.63. The topological polar surface area (TPSA) is 195 Å². The van der Waals surface area contributed by atoms with Gasteiger partial charge in [0, 0.05) is 38.4 Å². The maximum Gasteiger partial charge on any atom is 0.323 e. The lowest BCUT2D eigenvalue weighted by Gasteiger charge is -2.16. The first-order valence-corrected chi connectivity index (χ1v) is 11.9. The van der Waals surface area contributed by atoms with E-state index in [2.05, 4.69) is 26.7 Å². The zero-order chi connectivity index (χ0) is 25.8. The number of rotatable bonds is 12. The fourth-order valence-electron chi connectivity index (χ4n) is 2.70. The van der Waals surface area contributed by atoms with Crippen LogP contribution in [0.3, 0.4) is 0 Å². The van der Waals surface area contributed by atoms with Crippen molar-refractivity contribution in [3.8, 4) is 0 Å². The predicted octanol–water partition coefficient (Wildman–Crippen LogP) is -1.08. The third-order valence-electron chi connectivity index (χ3n) is 4.47. The number of allylic oxidation sites excluding steroid dienone is 2. The van der Waals surface area contributed by atoms with Gasteiger partial charge in [0.05, 0.1) is 10.6 Å². The van der Waals surface area contributed by atoms with Crippen LogP contribution < -0.4 is 26.3 Å². The smallest absolute Gasteiger partial charge is 0.323 e. The number of nitrogens with zero attached hydrogens (tertiary/aromatic N) is 1. The molecule has 1 aliphatic carbocycles. The van der Waals surface area contributed by atoms with Crippen molar-refractivity contribution in [2.75, 3.05) is 13.1 Å². The predicted molar refractivity (Wildman–Crippen MR) is 125 cm³/mol. The Morgan fingerprint density at radius 3 is 2.40 bits per heavy atom. The molecule has 13 nitrogen and oxygen atoms in total. The number of amides is 3. The van der Waals surface area contributed by atoms with E-state index < -0.39 is 40.4 Å². The van der Waals surface area contributed by atoms with Crippen LogP contribution >= 0.6 is 0 Å². The number of sulfonamides is 1. The minimum atomic E-state index is -4.09. The molecule has 0 aliphatic heterocycles. The van der Waals surface area contributed by atoms with E-state index in [0.29, 0.717) is 17.7 Å². The van der Waals surface area contributed by atoms with Gasteiger partial charge in [-0.05, 0) is 24.3 Å². The second kappa shape index (κ2) is 13.0. The quantitative estimate of drug-likeness (QED) is 0.193. The molecule has 188 valence electrons. The van der Waals surface area contributed by atoms with Crippen LogP contribution in [0.5, 0.6) is 0 Å². The normalized spacial score (nSPS) is 15.0. The first kappa shape index (κ1) is 27.2. The summed E-state index contributed by atoms with van der Waals surface area (Å²) in [6.07, 6.45) is 4.96. The van der Waals surface area contributed by atoms with Crippen LogP contribution in [0.1, 0.15) is 19.8 Å². The van der Waals surface area contributed by atoms with Crippen LogP contribution in [0.15, 0.2) is 64.1 Å². The van der Waals surface area contributed by atoms with Gasteiger partial charge < -0.3 is 15.7 Å². The van der Waals surface area contributed by atoms with Crippen LogP contribution in [0.2, 0.25) is 0 Å². The summed E-state index contributed by atoms with van der Waals surface area (Å²) in [7, 11) is -4.09. The van der Waals surface area contributed by atoms with Gasteiger partial charge in [-0.25, -0.2) is 14.0 Å². The summed E-state index contributed by atoms with van der Waals surface area (Å²) < 4.78 is 26.7. The number of carbonyl (C=O) groups is 4. The SMILES string of the molecule is CC(=O)NNN=C1C=CC(C(=O)NCCC(=O)NC[C@H](NS(=O)(=O)c2ccccc2)C(=O)O)=CC1. The number of benzene rings is 1. The van der Waals surface area contributed by atoms with E-state index in [0.717, 1.165) is 0 Å². The van der Waals surface area contributed by atoms with Crippen molar-refractivity contribution in [1.29, 1.82) is 0 Å². The van der Waals surface area contributed by atoms with Crippen LogP contribution in [0, 0.1) is 0 Å². The molecule has 1 aromatic rings. The number of hydrazone groups is 1. The van der Waals surface area contributed by atoms with Gasteiger partial charge in [-0.2, -0.15) is 9.82 Å². The van der Waals surface area contributed by atoms with Gasteiger partial charge in [-0.3, -0.25) is 24.6 Å². The lowest BCUT2D eigenvalue weighted by atomic mass is 10.1. The number of hydrazine groups is 1. The first-order valence-electron chi connectivity index (χ1n) is 10.4. The molecule has 0 fully saturated rings. The number of carbonyl (C=O) groups excluding carboxylic acids is 3. The molecule has 14 heteroatoms. The van der Waals surface area contributed by atoms with Crippen LogP contribution in [-0.2, 0) is 29.2 Å². The third kappa shape index (κ3) is 9.38. The molecular formula is C21H26N6O7S. The summed E-state index contributed by atoms with van der Waals surface area (Å²) >= 11 is 0. The van der Waals surface area contributed by atoms with Gasteiger partial charge in [0.2, 0.25) is 21.8 Å². The average Bonchev–Trinajstić information content (AvgIpc) is 2.82. The van der Waals surface area contributed by atoms with E-state index in [-0.39, 0.29) is 23.8 Å². The Balaban J connectivity index is 1.75. The zero-order valence-corrected chi connectivity index (χ0v) is 19.6. The highest BCUT2D eigenvalue weighted by atomic mass is 32.2. The Hall–Kier alpha value is -4.04. The molecule has 6 N–H and O–H groups in total. The van der Waals surface area contributed by atoms with E-state index >= 15 is 0 Å². The molecule has 0 aromatic heterocycles. The molecule has 0 heterocycles. The molecular weight excluding hydrogens is 480 g/mol. The van der Waals surface area contributed by atoms with E-state index in [1.165, 1.54) is 37.3 Å². The van der Waals surface area contributed by atoms with Gasteiger partial charge in [0.1, 0.15) is 6.04 Å². The zero-order valence-electron chi connectivity index (χ0n) is 18.8. The number of nitrogens with one attached hydrogen (secondary N) is 5. The van der Waals surface area contributed by atoms with Crippen molar-refractivity contribution in [3.05, 3.63) is 54.1 Å². The standard InChI is InChI=1S/C21H26N6O7S/c1-14(28)24-27-25-16-9-7-15(8-10-16)20(30)22-12-11-19(29)23-13-18(21(31)32)26-35(33,34)17-5-3-2-4-6-17/h2-9,18,26-27H,10-13H2,1H3,(H,22,30)(H,23,29)(H,24,28)(H,31,32)/t18-/m0/s1. The fraction of sp³-hybridized carbons (Fsp3) is 0.286. The summed E-state index contributed by atoms with van der Waals surface area (Å²) in [4.78, 5) is 46.4. The summed E-state index contributed by atoms with van der Waals surface area (Å²) in [6.45, 7) is 0.829. The van der Waals surface area contributed by atoms with Crippen molar-refractivity contribution >= 4 is 39.4 Å². The van der Waals surface area contributed by atoms with Crippen molar-refractivity contribution in [2.24, 2.45) is 5.10 Å². The number of carboxylic acid groups (broad SMARTS) is 1. The minimum absolute atomic E-state index is 0.0195. The van der Waals surface area contributed by atoms with Crippen LogP contribution in [0.25, 0.3) is 0 Å². The van der Waals surface area contributed by atoms with E-state index in [1.54, 1.807) is 18.2 Å². The summed E-state index contributed by atoms with van der Waals surface area (Å²) in [6, 6.07) is 5.67. The lowest BCUT2D eigenvalue weighted by molar-refractivity contribution is -0.139. The third-order valence-corrected chi connectivity index (χ3v) is 5.96. The number of hydrogen-bond acceptors (Lipinski definition) is 8. The summed E-state index contributed by atoms with van der Waals surface area (Å²) in [5, 5.41) is 18.1. The van der Waals surface area contributed by atoms with Gasteiger partial charge in [0.25, 0.3) is 5.91 Å². The Labute approximate surface area is 201 Å². The highest BCUT2D eigenvalue weighted by molar-refractivity contribution is 7.89. The van der Waals surface area contributed by atoms with Crippen LogP contribution in [0.4, 0.5) is 0 Å². The van der Waals surface area contributed by atoms with Crippen molar-refractivity contribution in [1.82, 2.24) is 26.3 Å². The lowest BCUT2D eigenvalue weighted by Crippen LogP contribution is -2.48. The number of carboxylic acids is 1. The average molecular weight is 507 g/mol. The molecule has 1 aliphatic rings. The van der Waals surface area contributed by atoms with Gasteiger partial charge in [0.15, 0.2) is 0 Å². The van der Waals surface area contributed by atoms with E-state index in [9.17, 15) is 32.7 Å². The highest BCUT2D eigenvalue weighted by Crippen LogP contribution is 2.09. The maximum absolute atomic E-state index is 12.3. The maximum atomic E-state index is 12.3. The van der Waals surface area contributed by atoms with Crippen molar-refractivity contribution < 1.29 is 32.7 Å². The largest absolute Gasteiger partial charge is 0.480 e. The molecule has 0 saturated carbocycles.